The number of carbonyl (C=O) groups is 3. The Labute approximate surface area is 193 Å². The Morgan fingerprint density at radius 3 is 2.33 bits per heavy atom. The summed E-state index contributed by atoms with van der Waals surface area (Å²) in [7, 11) is 2.78. The summed E-state index contributed by atoms with van der Waals surface area (Å²) in [6.45, 7) is 1.62. The van der Waals surface area contributed by atoms with Crippen molar-refractivity contribution < 1.29 is 29.0 Å². The van der Waals surface area contributed by atoms with Crippen LogP contribution >= 0.6 is 11.3 Å². The molecule has 3 aromatic rings. The molecule has 1 N–H and O–H groups in total. The first-order valence-corrected chi connectivity index (χ1v) is 10.7. The summed E-state index contributed by atoms with van der Waals surface area (Å²) >= 11 is 0.955. The van der Waals surface area contributed by atoms with E-state index in [4.69, 9.17) is 9.47 Å². The van der Waals surface area contributed by atoms with E-state index in [2.05, 4.69) is 4.98 Å². The lowest BCUT2D eigenvalue weighted by Crippen LogP contribution is -2.29. The lowest BCUT2D eigenvalue weighted by atomic mass is 9.95. The van der Waals surface area contributed by atoms with Crippen molar-refractivity contribution in [2.24, 2.45) is 0 Å². The highest BCUT2D eigenvalue weighted by Gasteiger charge is 2.48. The average molecular weight is 464 g/mol. The van der Waals surface area contributed by atoms with Crippen LogP contribution in [0.25, 0.3) is 5.76 Å². The third-order valence-electron chi connectivity index (χ3n) is 5.29. The molecular weight excluding hydrogens is 444 g/mol. The van der Waals surface area contributed by atoms with Gasteiger partial charge in [0, 0.05) is 5.56 Å². The summed E-state index contributed by atoms with van der Waals surface area (Å²) < 4.78 is 9.94. The van der Waals surface area contributed by atoms with E-state index in [9.17, 15) is 19.5 Å². The zero-order valence-electron chi connectivity index (χ0n) is 18.1. The number of rotatable bonds is 5. The fraction of sp³-hybridized carbons (Fsp3) is 0.167. The van der Waals surface area contributed by atoms with Crippen LogP contribution in [0.15, 0.2) is 60.2 Å². The summed E-state index contributed by atoms with van der Waals surface area (Å²) in [5, 5.41) is 11.3. The van der Waals surface area contributed by atoms with Gasteiger partial charge in [-0.1, -0.05) is 41.7 Å². The molecule has 1 fully saturated rings. The van der Waals surface area contributed by atoms with Crippen molar-refractivity contribution in [3.8, 4) is 5.75 Å². The first-order chi connectivity index (χ1) is 15.9. The molecule has 1 amide bonds. The third kappa shape index (κ3) is 3.87. The molecule has 0 bridgehead atoms. The maximum absolute atomic E-state index is 13.2. The Balaban J connectivity index is 1.90. The molecule has 9 heteroatoms. The van der Waals surface area contributed by atoms with E-state index >= 15 is 0 Å². The van der Waals surface area contributed by atoms with Gasteiger partial charge < -0.3 is 14.6 Å². The van der Waals surface area contributed by atoms with Crippen molar-refractivity contribution in [3.63, 3.8) is 0 Å². The maximum Gasteiger partial charge on any atom is 0.350 e. The second kappa shape index (κ2) is 8.87. The zero-order chi connectivity index (χ0) is 23.7. The van der Waals surface area contributed by atoms with Crippen LogP contribution in [-0.2, 0) is 14.3 Å². The number of nitrogens with zero attached hydrogens (tertiary/aromatic N) is 2. The maximum atomic E-state index is 13.2. The van der Waals surface area contributed by atoms with Crippen molar-refractivity contribution in [1.82, 2.24) is 4.98 Å². The van der Waals surface area contributed by atoms with Crippen LogP contribution in [0.2, 0.25) is 0 Å². The fourth-order valence-corrected chi connectivity index (χ4v) is 4.66. The molecule has 168 valence electrons. The Morgan fingerprint density at radius 1 is 1.06 bits per heavy atom. The van der Waals surface area contributed by atoms with E-state index in [1.165, 1.54) is 19.1 Å². The van der Waals surface area contributed by atoms with Crippen molar-refractivity contribution in [3.05, 3.63) is 81.9 Å². The van der Waals surface area contributed by atoms with Crippen LogP contribution in [0.1, 0.15) is 32.5 Å². The average Bonchev–Trinajstić information content (AvgIpc) is 3.35. The van der Waals surface area contributed by atoms with E-state index in [1.807, 2.05) is 6.07 Å². The number of thiazole rings is 1. The number of benzene rings is 2. The Hall–Kier alpha value is -3.98. The van der Waals surface area contributed by atoms with Crippen LogP contribution < -0.4 is 9.64 Å². The first-order valence-electron chi connectivity index (χ1n) is 9.93. The van der Waals surface area contributed by atoms with Crippen LogP contribution in [0.3, 0.4) is 0 Å². The van der Waals surface area contributed by atoms with Gasteiger partial charge in [0.1, 0.15) is 16.4 Å². The number of aromatic nitrogens is 1. The number of aliphatic hydroxyl groups is 1. The molecule has 1 aliphatic heterocycles. The monoisotopic (exact) mass is 464 g/mol. The topological polar surface area (TPSA) is 106 Å². The molecule has 1 atom stereocenters. The summed E-state index contributed by atoms with van der Waals surface area (Å²) in [6.07, 6.45) is 0. The van der Waals surface area contributed by atoms with Crippen molar-refractivity contribution in [1.29, 1.82) is 0 Å². The molecule has 0 aliphatic carbocycles. The van der Waals surface area contributed by atoms with E-state index < -0.39 is 23.7 Å². The number of aliphatic hydroxyl groups excluding tert-OH is 1. The number of hydrogen-bond acceptors (Lipinski definition) is 8. The van der Waals surface area contributed by atoms with Gasteiger partial charge in [0.05, 0.1) is 31.5 Å². The molecular formula is C24H20N2O6S. The van der Waals surface area contributed by atoms with Gasteiger partial charge in [0.15, 0.2) is 5.13 Å². The summed E-state index contributed by atoms with van der Waals surface area (Å²) in [5.74, 6) is -2.00. The predicted octanol–water partition coefficient (Wildman–Crippen LogP) is 3.87. The lowest BCUT2D eigenvalue weighted by Gasteiger charge is -2.23. The first kappa shape index (κ1) is 22.2. The molecule has 1 aromatic heterocycles. The second-order valence-electron chi connectivity index (χ2n) is 7.21. The van der Waals surface area contributed by atoms with Gasteiger partial charge in [-0.05, 0) is 36.8 Å². The third-order valence-corrected chi connectivity index (χ3v) is 6.42. The van der Waals surface area contributed by atoms with Gasteiger partial charge in [-0.2, -0.15) is 0 Å². The molecule has 33 heavy (non-hydrogen) atoms. The highest BCUT2D eigenvalue weighted by molar-refractivity contribution is 7.17. The Kier molecular flexibility index (Phi) is 5.97. The minimum Gasteiger partial charge on any atom is -0.507 e. The molecule has 1 aliphatic rings. The summed E-state index contributed by atoms with van der Waals surface area (Å²) in [6, 6.07) is 14.4. The quantitative estimate of drug-likeness (QED) is 0.264. The summed E-state index contributed by atoms with van der Waals surface area (Å²) in [4.78, 5) is 44.2. The largest absolute Gasteiger partial charge is 0.507 e. The van der Waals surface area contributed by atoms with Gasteiger partial charge in [-0.3, -0.25) is 14.5 Å². The highest BCUT2D eigenvalue weighted by Crippen LogP contribution is 2.43. The van der Waals surface area contributed by atoms with E-state index in [-0.39, 0.29) is 21.3 Å². The van der Waals surface area contributed by atoms with Crippen molar-refractivity contribution >= 4 is 39.9 Å². The van der Waals surface area contributed by atoms with Gasteiger partial charge in [-0.15, -0.1) is 0 Å². The molecule has 2 heterocycles. The predicted molar refractivity (Wildman–Crippen MR) is 122 cm³/mol. The number of methoxy groups -OCH3 is 2. The molecule has 4 rings (SSSR count). The molecule has 0 saturated carbocycles. The van der Waals surface area contributed by atoms with Crippen LogP contribution in [0, 0.1) is 6.92 Å². The van der Waals surface area contributed by atoms with Gasteiger partial charge >= 0.3 is 11.9 Å². The van der Waals surface area contributed by atoms with Crippen LogP contribution in [-0.4, -0.2) is 42.0 Å². The number of amides is 1. The molecule has 1 unspecified atom stereocenters. The minimum atomic E-state index is -0.927. The van der Waals surface area contributed by atoms with Gasteiger partial charge in [0.25, 0.3) is 5.78 Å². The smallest absolute Gasteiger partial charge is 0.350 e. The number of carbonyl (C=O) groups excluding carboxylic acids is 3. The fourth-order valence-electron chi connectivity index (χ4n) is 3.65. The van der Waals surface area contributed by atoms with E-state index in [1.54, 1.807) is 55.5 Å². The number of ketones is 1. The SMILES string of the molecule is COC(=O)c1sc(N2C(=O)C(=O)/C(=C(\O)c3ccc(OC)cc3)C2c2ccccc2)nc1C. The number of ether oxygens (including phenoxy) is 2. The highest BCUT2D eigenvalue weighted by atomic mass is 32.1. The number of anilines is 1. The molecule has 0 radical (unpaired) electrons. The second-order valence-corrected chi connectivity index (χ2v) is 8.19. The molecule has 8 nitrogen and oxygen atoms in total. The number of hydrogen-bond donors (Lipinski definition) is 1. The van der Waals surface area contributed by atoms with Gasteiger partial charge in [-0.25, -0.2) is 9.78 Å². The minimum absolute atomic E-state index is 0.0659. The van der Waals surface area contributed by atoms with E-state index in [0.29, 0.717) is 22.6 Å². The summed E-state index contributed by atoms with van der Waals surface area (Å²) in [5.41, 5.74) is 1.29. The van der Waals surface area contributed by atoms with Crippen LogP contribution in [0.5, 0.6) is 5.75 Å². The standard InChI is InChI=1S/C24H20N2O6S/c1-13-21(23(30)32-3)33-24(25-13)26-18(14-7-5-4-6-8-14)17(20(28)22(26)29)19(27)15-9-11-16(31-2)12-10-15/h4-12,18,27H,1-3H3/b19-17-. The normalized spacial score (nSPS) is 17.3. The molecule has 1 saturated heterocycles. The van der Waals surface area contributed by atoms with Crippen molar-refractivity contribution in [2.75, 3.05) is 19.1 Å². The molecule has 0 spiro atoms. The van der Waals surface area contributed by atoms with Crippen LogP contribution in [0.4, 0.5) is 5.13 Å². The lowest BCUT2D eigenvalue weighted by molar-refractivity contribution is -0.132. The number of aryl methyl sites for hydroxylation is 1. The van der Waals surface area contributed by atoms with E-state index in [0.717, 1.165) is 11.3 Å². The molecule has 2 aromatic carbocycles. The van der Waals surface area contributed by atoms with Crippen molar-refractivity contribution in [2.45, 2.75) is 13.0 Å². The van der Waals surface area contributed by atoms with Gasteiger partial charge in [0.2, 0.25) is 0 Å². The zero-order valence-corrected chi connectivity index (χ0v) is 18.9. The Morgan fingerprint density at radius 2 is 1.73 bits per heavy atom. The number of Topliss-reactive ketones (excluding diaryl/α,β-unsaturated/α-hetero) is 1. The Bertz CT molecular complexity index is 1260. The number of esters is 1.